The van der Waals surface area contributed by atoms with Gasteiger partial charge in [-0.25, -0.2) is 0 Å². The highest BCUT2D eigenvalue weighted by Gasteiger charge is 2.42. The molecule has 0 radical (unpaired) electrons. The van der Waals surface area contributed by atoms with Gasteiger partial charge in [-0.2, -0.15) is 0 Å². The van der Waals surface area contributed by atoms with Gasteiger partial charge in [0.05, 0.1) is 0 Å². The van der Waals surface area contributed by atoms with E-state index in [1.54, 1.807) is 0 Å². The molecule has 1 heteroatoms. The van der Waals surface area contributed by atoms with Gasteiger partial charge in [0.2, 0.25) is 0 Å². The molecule has 0 unspecified atom stereocenters. The van der Waals surface area contributed by atoms with Crippen molar-refractivity contribution in [2.45, 2.75) is 230 Å². The van der Waals surface area contributed by atoms with Gasteiger partial charge in [-0.1, -0.05) is 224 Å². The Morgan fingerprint density at radius 3 is 0.458 bits per heavy atom. The van der Waals surface area contributed by atoms with Gasteiger partial charge in [0, 0.05) is 11.8 Å². The molecule has 48 heavy (non-hydrogen) atoms. The molecule has 0 aliphatic heterocycles. The van der Waals surface area contributed by atoms with Crippen LogP contribution in [0.25, 0.3) is 0 Å². The van der Waals surface area contributed by atoms with Crippen LogP contribution in [-0.4, -0.2) is 5.78 Å². The fourth-order valence-electron chi connectivity index (χ4n) is 5.61. The number of hydrogen-bond acceptors (Lipinski definition) is 1. The van der Waals surface area contributed by atoms with Gasteiger partial charge in [0.15, 0.2) is 0 Å². The molecule has 0 aromatic rings. The molecular weight excluding hydrogens is 581 g/mol. The number of carbonyl (C=O) groups is 1. The maximum absolute atomic E-state index is 10.8. The van der Waals surface area contributed by atoms with Crippen molar-refractivity contribution >= 4 is 5.78 Å². The molecule has 0 aliphatic rings. The molecule has 0 bridgehead atoms. The SMILES string of the molecule is C.C.C.C.CC(C)C.CC(C)C.CC(C)C.CC(C)C.CC(C)C(=O)C(C)C.CC(C)C(C(C)C)(C(C)C)C(C)C.CC(C)CC(C)C. The summed E-state index contributed by atoms with van der Waals surface area (Å²) in [7, 11) is 0. The highest BCUT2D eigenvalue weighted by atomic mass is 16.1. The molecule has 1 nitrogen and oxygen atoms in total. The van der Waals surface area contributed by atoms with Gasteiger partial charge in [-0.15, -0.1) is 0 Å². The van der Waals surface area contributed by atoms with E-state index < -0.39 is 0 Å². The van der Waals surface area contributed by atoms with E-state index in [4.69, 9.17) is 0 Å². The first-order valence-corrected chi connectivity index (χ1v) is 18.9. The Labute approximate surface area is 316 Å². The normalized spacial score (nSPS) is 10.2. The van der Waals surface area contributed by atoms with Crippen molar-refractivity contribution in [2.24, 2.45) is 76.4 Å². The van der Waals surface area contributed by atoms with Crippen LogP contribution in [0.4, 0.5) is 0 Å². The lowest BCUT2D eigenvalue weighted by atomic mass is 9.56. The van der Waals surface area contributed by atoms with Crippen molar-refractivity contribution in [3.8, 4) is 0 Å². The standard InChI is InChI=1S/C13H28.C7H14O.C7H16.4C4H10.4CH4/c1-9(2)13(10(3)4,11(5)6)12(7)8;1-5(2)7(8)6(3)4;1-6(2)5-7(3)4;4*1-4(2)3;;;;/h9-12H,1-8H3;5-6H,1-4H3;6-7H,5H2,1-4H3;4*4H,1-3H3;4*1H4. The van der Waals surface area contributed by atoms with Crippen molar-refractivity contribution < 1.29 is 4.79 Å². The molecule has 0 atom stereocenters. The van der Waals surface area contributed by atoms with Crippen molar-refractivity contribution in [3.05, 3.63) is 0 Å². The van der Waals surface area contributed by atoms with Crippen LogP contribution >= 0.6 is 0 Å². The molecular formula is C47H114O. The minimum atomic E-state index is 0. The van der Waals surface area contributed by atoms with Crippen LogP contribution in [0.3, 0.4) is 0 Å². The summed E-state index contributed by atoms with van der Waals surface area (Å²) in [5, 5.41) is 0. The van der Waals surface area contributed by atoms with E-state index in [0.29, 0.717) is 11.2 Å². The van der Waals surface area contributed by atoms with E-state index in [1.807, 2.05) is 27.7 Å². The van der Waals surface area contributed by atoms with Crippen molar-refractivity contribution in [3.63, 3.8) is 0 Å². The summed E-state index contributed by atoms with van der Waals surface area (Å²) in [6, 6.07) is 0. The second kappa shape index (κ2) is 46.7. The van der Waals surface area contributed by atoms with Gasteiger partial charge in [0.1, 0.15) is 5.78 Å². The molecule has 308 valence electrons. The predicted octanol–water partition coefficient (Wildman–Crippen LogP) is 18.3. The number of ketones is 1. The fraction of sp³-hybridized carbons (Fsp3) is 0.979. The van der Waals surface area contributed by atoms with Crippen molar-refractivity contribution in [1.82, 2.24) is 0 Å². The second-order valence-corrected chi connectivity index (χ2v) is 18.3. The molecule has 0 spiro atoms. The molecule has 0 aromatic heterocycles. The Balaban J connectivity index is -0.0000000385. The summed E-state index contributed by atoms with van der Waals surface area (Å²) in [6.07, 6.45) is 1.36. The summed E-state index contributed by atoms with van der Waals surface area (Å²) < 4.78 is 0. The minimum Gasteiger partial charge on any atom is -0.299 e. The molecule has 0 amide bonds. The maximum atomic E-state index is 10.8. The first-order chi connectivity index (χ1) is 19.4. The quantitative estimate of drug-likeness (QED) is 0.247. The third-order valence-corrected chi connectivity index (χ3v) is 6.08. The largest absolute Gasteiger partial charge is 0.299 e. The molecule has 0 saturated heterocycles. The van der Waals surface area contributed by atoms with E-state index in [9.17, 15) is 4.79 Å². The fourth-order valence-corrected chi connectivity index (χ4v) is 5.61. The average molecular weight is 695 g/mol. The monoisotopic (exact) mass is 695 g/mol. The summed E-state index contributed by atoms with van der Waals surface area (Å²) in [5.41, 5.74) is 0.500. The zero-order valence-corrected chi connectivity index (χ0v) is 37.0. The molecule has 0 aliphatic carbocycles. The predicted molar refractivity (Wildman–Crippen MR) is 240 cm³/mol. The van der Waals surface area contributed by atoms with Crippen LogP contribution in [0.5, 0.6) is 0 Å². The Morgan fingerprint density at radius 2 is 0.458 bits per heavy atom. The van der Waals surface area contributed by atoms with Gasteiger partial charge >= 0.3 is 0 Å². The molecule has 0 N–H and O–H groups in total. The number of Topliss-reactive ketones (excluding diaryl/α,β-unsaturated/α-hetero) is 1. The lowest BCUT2D eigenvalue weighted by molar-refractivity contribution is -0.124. The van der Waals surface area contributed by atoms with Gasteiger partial charge in [-0.05, 0) is 71.0 Å². The Morgan fingerprint density at radius 1 is 0.333 bits per heavy atom. The summed E-state index contributed by atoms with van der Waals surface area (Å²) in [4.78, 5) is 10.8. The molecule has 0 aromatic carbocycles. The number of carbonyl (C=O) groups excluding carboxylic acids is 1. The van der Waals surface area contributed by atoms with Crippen LogP contribution in [0.1, 0.15) is 230 Å². The highest BCUT2D eigenvalue weighted by molar-refractivity contribution is 5.81. The summed E-state index contributed by atoms with van der Waals surface area (Å²) in [5.74, 6) is 8.93. The summed E-state index contributed by atoms with van der Waals surface area (Å²) in [6.45, 7) is 61.8. The van der Waals surface area contributed by atoms with E-state index in [0.717, 1.165) is 59.2 Å². The van der Waals surface area contributed by atoms with Crippen LogP contribution in [0.15, 0.2) is 0 Å². The van der Waals surface area contributed by atoms with Gasteiger partial charge in [-0.3, -0.25) is 4.79 Å². The Hall–Kier alpha value is -0.330. The Bertz CT molecular complexity index is 439. The molecule has 0 rings (SSSR count). The topological polar surface area (TPSA) is 17.1 Å². The van der Waals surface area contributed by atoms with Crippen LogP contribution in [0, 0.1) is 76.4 Å². The van der Waals surface area contributed by atoms with Crippen molar-refractivity contribution in [1.29, 1.82) is 0 Å². The molecule has 0 fully saturated rings. The zero-order valence-electron chi connectivity index (χ0n) is 37.0. The van der Waals surface area contributed by atoms with E-state index in [1.165, 1.54) is 6.42 Å². The first kappa shape index (κ1) is 77.2. The van der Waals surface area contributed by atoms with E-state index >= 15 is 0 Å². The highest BCUT2D eigenvalue weighted by Crippen LogP contribution is 2.48. The maximum Gasteiger partial charge on any atom is 0.137 e. The lowest BCUT2D eigenvalue weighted by Crippen LogP contribution is -2.42. The minimum absolute atomic E-state index is 0. The average Bonchev–Trinajstić information content (AvgIpc) is 2.70. The number of rotatable bonds is 8. The van der Waals surface area contributed by atoms with Crippen LogP contribution < -0.4 is 0 Å². The summed E-state index contributed by atoms with van der Waals surface area (Å²) >= 11 is 0. The van der Waals surface area contributed by atoms with Gasteiger partial charge < -0.3 is 0 Å². The molecule has 0 heterocycles. The van der Waals surface area contributed by atoms with E-state index in [-0.39, 0.29) is 41.5 Å². The van der Waals surface area contributed by atoms with Crippen LogP contribution in [-0.2, 0) is 4.79 Å². The smallest absolute Gasteiger partial charge is 0.137 e. The third-order valence-electron chi connectivity index (χ3n) is 6.08. The van der Waals surface area contributed by atoms with E-state index in [2.05, 4.69) is 166 Å². The number of hydrogen-bond donors (Lipinski definition) is 0. The van der Waals surface area contributed by atoms with Crippen LogP contribution in [0.2, 0.25) is 0 Å². The molecule has 0 saturated carbocycles. The Kier molecular flexibility index (Phi) is 75.1. The first-order valence-electron chi connectivity index (χ1n) is 18.9. The second-order valence-electron chi connectivity index (χ2n) is 18.3. The van der Waals surface area contributed by atoms with Crippen molar-refractivity contribution in [2.75, 3.05) is 0 Å². The van der Waals surface area contributed by atoms with Gasteiger partial charge in [0.25, 0.3) is 0 Å². The third kappa shape index (κ3) is 71.6. The zero-order chi connectivity index (χ0) is 37.7. The lowest BCUT2D eigenvalue weighted by Gasteiger charge is -2.49.